The highest BCUT2D eigenvalue weighted by atomic mass is 19.1. The molecule has 0 aliphatic heterocycles. The molecule has 0 saturated heterocycles. The van der Waals surface area contributed by atoms with Gasteiger partial charge in [-0.3, -0.25) is 4.79 Å². The van der Waals surface area contributed by atoms with Gasteiger partial charge >= 0.3 is 0 Å². The quantitative estimate of drug-likeness (QED) is 0.897. The fraction of sp³-hybridized carbons (Fsp3) is 0.562. The van der Waals surface area contributed by atoms with E-state index >= 15 is 0 Å². The minimum absolute atomic E-state index is 0.0242. The zero-order valence-electron chi connectivity index (χ0n) is 12.4. The second-order valence-corrected chi connectivity index (χ2v) is 5.73. The minimum atomic E-state index is -0.673. The zero-order valence-corrected chi connectivity index (χ0v) is 12.4. The van der Waals surface area contributed by atoms with E-state index in [1.807, 2.05) is 6.92 Å². The van der Waals surface area contributed by atoms with Crippen LogP contribution in [-0.2, 0) is 0 Å². The standard InChI is InChI=1S/C16H23FN2O2/c1-2-9-19(12-5-3-11(18)4-6-12)16(21)14-8-7-13(20)10-15(14)17/h7-8,10-12,20H,2-6,9,18H2,1H3. The number of carbonyl (C=O) groups excluding carboxylic acids is 1. The molecule has 0 spiro atoms. The molecule has 0 radical (unpaired) electrons. The number of benzene rings is 1. The van der Waals surface area contributed by atoms with E-state index in [0.717, 1.165) is 38.2 Å². The summed E-state index contributed by atoms with van der Waals surface area (Å²) in [6.45, 7) is 2.61. The van der Waals surface area contributed by atoms with Crippen LogP contribution in [0.3, 0.4) is 0 Å². The average molecular weight is 294 g/mol. The van der Waals surface area contributed by atoms with Crippen molar-refractivity contribution in [2.45, 2.75) is 51.1 Å². The normalized spacial score (nSPS) is 22.0. The van der Waals surface area contributed by atoms with Crippen LogP contribution >= 0.6 is 0 Å². The first-order valence-electron chi connectivity index (χ1n) is 7.58. The van der Waals surface area contributed by atoms with E-state index in [1.54, 1.807) is 4.90 Å². The van der Waals surface area contributed by atoms with Crippen LogP contribution in [0.1, 0.15) is 49.4 Å². The molecular formula is C16H23FN2O2. The lowest BCUT2D eigenvalue weighted by atomic mass is 9.90. The second-order valence-electron chi connectivity index (χ2n) is 5.73. The van der Waals surface area contributed by atoms with Crippen molar-refractivity contribution in [3.63, 3.8) is 0 Å². The van der Waals surface area contributed by atoms with Crippen molar-refractivity contribution < 1.29 is 14.3 Å². The van der Waals surface area contributed by atoms with Gasteiger partial charge in [-0.1, -0.05) is 6.92 Å². The van der Waals surface area contributed by atoms with E-state index in [2.05, 4.69) is 0 Å². The predicted molar refractivity (Wildman–Crippen MR) is 79.6 cm³/mol. The Hall–Kier alpha value is -1.62. The summed E-state index contributed by atoms with van der Waals surface area (Å²) in [7, 11) is 0. The molecule has 0 heterocycles. The van der Waals surface area contributed by atoms with E-state index in [9.17, 15) is 14.3 Å². The third-order valence-electron chi connectivity index (χ3n) is 4.09. The molecule has 21 heavy (non-hydrogen) atoms. The van der Waals surface area contributed by atoms with E-state index in [1.165, 1.54) is 12.1 Å². The number of hydrogen-bond acceptors (Lipinski definition) is 3. The van der Waals surface area contributed by atoms with Gasteiger partial charge in [-0.25, -0.2) is 4.39 Å². The molecule has 1 fully saturated rings. The molecule has 1 aliphatic rings. The Labute approximate surface area is 124 Å². The fourth-order valence-corrected chi connectivity index (χ4v) is 2.94. The highest BCUT2D eigenvalue weighted by Crippen LogP contribution is 2.25. The maximum Gasteiger partial charge on any atom is 0.257 e. The Morgan fingerprint density at radius 3 is 2.62 bits per heavy atom. The maximum atomic E-state index is 13.9. The number of nitrogens with two attached hydrogens (primary N) is 1. The molecule has 2 rings (SSSR count). The van der Waals surface area contributed by atoms with Crippen LogP contribution in [0.15, 0.2) is 18.2 Å². The Morgan fingerprint density at radius 2 is 2.05 bits per heavy atom. The monoisotopic (exact) mass is 294 g/mol. The van der Waals surface area contributed by atoms with Crippen LogP contribution in [0.5, 0.6) is 5.75 Å². The lowest BCUT2D eigenvalue weighted by molar-refractivity contribution is 0.0622. The van der Waals surface area contributed by atoms with Gasteiger partial charge in [0.2, 0.25) is 0 Å². The molecule has 1 aromatic carbocycles. The molecule has 0 unspecified atom stereocenters. The van der Waals surface area contributed by atoms with Gasteiger partial charge in [-0.2, -0.15) is 0 Å². The Morgan fingerprint density at radius 1 is 1.38 bits per heavy atom. The summed E-state index contributed by atoms with van der Waals surface area (Å²) in [4.78, 5) is 14.4. The number of halogens is 1. The summed E-state index contributed by atoms with van der Waals surface area (Å²) in [6, 6.07) is 4.02. The summed E-state index contributed by atoms with van der Waals surface area (Å²) in [5, 5.41) is 9.26. The Bertz CT molecular complexity index is 499. The number of phenols is 1. The maximum absolute atomic E-state index is 13.9. The Kier molecular flexibility index (Phi) is 5.17. The summed E-state index contributed by atoms with van der Waals surface area (Å²) >= 11 is 0. The number of amides is 1. The second kappa shape index (κ2) is 6.89. The molecule has 116 valence electrons. The number of phenolic OH excluding ortho intramolecular Hbond substituents is 1. The van der Waals surface area contributed by atoms with Gasteiger partial charge in [-0.05, 0) is 44.2 Å². The van der Waals surface area contributed by atoms with Gasteiger partial charge in [0.1, 0.15) is 11.6 Å². The first kappa shape index (κ1) is 15.8. The molecule has 1 aromatic rings. The average Bonchev–Trinajstić information content (AvgIpc) is 2.45. The summed E-state index contributed by atoms with van der Waals surface area (Å²) < 4.78 is 13.9. The molecule has 5 heteroatoms. The number of nitrogens with zero attached hydrogens (tertiary/aromatic N) is 1. The molecule has 1 aliphatic carbocycles. The molecule has 3 N–H and O–H groups in total. The zero-order chi connectivity index (χ0) is 15.4. The molecule has 0 bridgehead atoms. The highest BCUT2D eigenvalue weighted by molar-refractivity contribution is 5.94. The fourth-order valence-electron chi connectivity index (χ4n) is 2.94. The van der Waals surface area contributed by atoms with Crippen LogP contribution in [0.25, 0.3) is 0 Å². The van der Waals surface area contributed by atoms with E-state index in [-0.39, 0.29) is 29.3 Å². The van der Waals surface area contributed by atoms with Crippen molar-refractivity contribution in [1.29, 1.82) is 0 Å². The van der Waals surface area contributed by atoms with Gasteiger partial charge in [-0.15, -0.1) is 0 Å². The van der Waals surface area contributed by atoms with E-state index < -0.39 is 5.82 Å². The first-order chi connectivity index (χ1) is 10.0. The number of aromatic hydroxyl groups is 1. The van der Waals surface area contributed by atoms with Gasteiger partial charge in [0.15, 0.2) is 0 Å². The van der Waals surface area contributed by atoms with Crippen molar-refractivity contribution in [1.82, 2.24) is 4.90 Å². The van der Waals surface area contributed by atoms with Crippen molar-refractivity contribution >= 4 is 5.91 Å². The van der Waals surface area contributed by atoms with Crippen LogP contribution in [0.2, 0.25) is 0 Å². The van der Waals surface area contributed by atoms with E-state index in [0.29, 0.717) is 6.54 Å². The van der Waals surface area contributed by atoms with Crippen molar-refractivity contribution in [2.75, 3.05) is 6.54 Å². The summed E-state index contributed by atoms with van der Waals surface area (Å²) in [6.07, 6.45) is 4.36. The lowest BCUT2D eigenvalue weighted by Crippen LogP contribution is -2.44. The van der Waals surface area contributed by atoms with Crippen LogP contribution in [-0.4, -0.2) is 34.5 Å². The molecule has 4 nitrogen and oxygen atoms in total. The number of hydrogen-bond donors (Lipinski definition) is 2. The molecule has 1 saturated carbocycles. The molecular weight excluding hydrogens is 271 g/mol. The van der Waals surface area contributed by atoms with Crippen LogP contribution < -0.4 is 5.73 Å². The predicted octanol–water partition coefficient (Wildman–Crippen LogP) is 2.65. The number of carbonyl (C=O) groups is 1. The molecule has 0 atom stereocenters. The smallest absolute Gasteiger partial charge is 0.257 e. The molecule has 0 aromatic heterocycles. The van der Waals surface area contributed by atoms with Gasteiger partial charge in [0.25, 0.3) is 5.91 Å². The third-order valence-corrected chi connectivity index (χ3v) is 4.09. The van der Waals surface area contributed by atoms with Gasteiger partial charge in [0, 0.05) is 24.7 Å². The van der Waals surface area contributed by atoms with Crippen molar-refractivity contribution in [3.05, 3.63) is 29.6 Å². The third kappa shape index (κ3) is 3.73. The molecule has 1 amide bonds. The summed E-state index contributed by atoms with van der Waals surface area (Å²) in [5.74, 6) is -1.14. The topological polar surface area (TPSA) is 66.6 Å². The number of rotatable bonds is 4. The van der Waals surface area contributed by atoms with Gasteiger partial charge < -0.3 is 15.7 Å². The minimum Gasteiger partial charge on any atom is -0.508 e. The van der Waals surface area contributed by atoms with Crippen LogP contribution in [0, 0.1) is 5.82 Å². The first-order valence-corrected chi connectivity index (χ1v) is 7.58. The SMILES string of the molecule is CCCN(C(=O)c1ccc(O)cc1F)C1CCC(N)CC1. The largest absolute Gasteiger partial charge is 0.508 e. The van der Waals surface area contributed by atoms with E-state index in [4.69, 9.17) is 5.73 Å². The summed E-state index contributed by atoms with van der Waals surface area (Å²) in [5.41, 5.74) is 5.93. The highest BCUT2D eigenvalue weighted by Gasteiger charge is 2.29. The lowest BCUT2D eigenvalue weighted by Gasteiger charge is -2.36. The van der Waals surface area contributed by atoms with Crippen molar-refractivity contribution in [2.24, 2.45) is 5.73 Å². The van der Waals surface area contributed by atoms with Crippen molar-refractivity contribution in [3.8, 4) is 5.75 Å². The Balaban J connectivity index is 2.18. The van der Waals surface area contributed by atoms with Gasteiger partial charge in [0.05, 0.1) is 5.56 Å². The van der Waals surface area contributed by atoms with Crippen LogP contribution in [0.4, 0.5) is 4.39 Å².